The number of carbonyl (C=O) groups is 1. The number of rotatable bonds is 8. The number of ether oxygens (including phenoxy) is 2. The molecule has 8 nitrogen and oxygen atoms in total. The van der Waals surface area contributed by atoms with Crippen molar-refractivity contribution in [1.82, 2.24) is 19.7 Å². The van der Waals surface area contributed by atoms with Crippen LogP contribution in [0.1, 0.15) is 12.8 Å². The first-order valence-corrected chi connectivity index (χ1v) is 8.13. The number of aromatic nitrogens is 4. The molecule has 3 rings (SSSR count). The van der Waals surface area contributed by atoms with Crippen LogP contribution in [-0.4, -0.2) is 32.8 Å². The van der Waals surface area contributed by atoms with Crippen LogP contribution in [0.4, 0.5) is 5.69 Å². The molecule has 1 amide bonds. The second-order valence-electron chi connectivity index (χ2n) is 5.48. The fourth-order valence-corrected chi connectivity index (χ4v) is 2.27. The molecule has 8 heteroatoms. The first-order chi connectivity index (χ1) is 12.7. The fourth-order valence-electron chi connectivity index (χ4n) is 2.27. The van der Waals surface area contributed by atoms with Gasteiger partial charge >= 0.3 is 0 Å². The van der Waals surface area contributed by atoms with Crippen LogP contribution >= 0.6 is 0 Å². The van der Waals surface area contributed by atoms with Crippen molar-refractivity contribution in [3.05, 3.63) is 55.2 Å². The lowest BCUT2D eigenvalue weighted by atomic mass is 10.3. The van der Waals surface area contributed by atoms with E-state index in [1.807, 2.05) is 18.2 Å². The number of anilines is 1. The lowest BCUT2D eigenvalue weighted by molar-refractivity contribution is -0.116. The van der Waals surface area contributed by atoms with E-state index in [0.29, 0.717) is 42.5 Å². The van der Waals surface area contributed by atoms with E-state index < -0.39 is 0 Å². The molecular formula is C18H19N5O3. The van der Waals surface area contributed by atoms with Gasteiger partial charge in [-0.2, -0.15) is 5.10 Å². The number of hydrogen-bond acceptors (Lipinski definition) is 6. The Labute approximate surface area is 150 Å². The third kappa shape index (κ3) is 5.04. The zero-order chi connectivity index (χ0) is 18.2. The molecule has 0 atom stereocenters. The summed E-state index contributed by atoms with van der Waals surface area (Å²) < 4.78 is 12.5. The summed E-state index contributed by atoms with van der Waals surface area (Å²) in [7, 11) is 1.60. The van der Waals surface area contributed by atoms with Crippen molar-refractivity contribution in [2.24, 2.45) is 0 Å². The molecular weight excluding hydrogens is 334 g/mol. The van der Waals surface area contributed by atoms with Crippen LogP contribution in [0.15, 0.2) is 55.2 Å². The Hall–Kier alpha value is -3.42. The minimum atomic E-state index is -0.0756. The Kier molecular flexibility index (Phi) is 5.76. The topological polar surface area (TPSA) is 91.2 Å². The van der Waals surface area contributed by atoms with Gasteiger partial charge in [-0.05, 0) is 24.6 Å². The quantitative estimate of drug-likeness (QED) is 0.669. The fraction of sp³-hybridized carbons (Fsp3) is 0.222. The molecule has 0 aliphatic rings. The summed E-state index contributed by atoms with van der Waals surface area (Å²) >= 11 is 0. The van der Waals surface area contributed by atoms with Crippen molar-refractivity contribution in [1.29, 1.82) is 0 Å². The Morgan fingerprint density at radius 1 is 1.23 bits per heavy atom. The summed E-state index contributed by atoms with van der Waals surface area (Å²) in [6.45, 7) is 0.652. The first-order valence-electron chi connectivity index (χ1n) is 8.13. The molecule has 2 heterocycles. The lowest BCUT2D eigenvalue weighted by Crippen LogP contribution is -2.12. The van der Waals surface area contributed by atoms with E-state index in [9.17, 15) is 4.79 Å². The first kappa shape index (κ1) is 17.4. The van der Waals surface area contributed by atoms with Gasteiger partial charge in [-0.3, -0.25) is 9.48 Å². The highest BCUT2D eigenvalue weighted by atomic mass is 16.5. The number of nitrogens with one attached hydrogen (secondary N) is 1. The van der Waals surface area contributed by atoms with Gasteiger partial charge < -0.3 is 14.8 Å². The monoisotopic (exact) mass is 353 g/mol. The number of aryl methyl sites for hydroxylation is 1. The molecule has 0 fully saturated rings. The Bertz CT molecular complexity index is 834. The number of methoxy groups -OCH3 is 1. The molecule has 26 heavy (non-hydrogen) atoms. The van der Waals surface area contributed by atoms with E-state index in [0.717, 1.165) is 0 Å². The minimum Gasteiger partial charge on any atom is -0.497 e. The van der Waals surface area contributed by atoms with Gasteiger partial charge in [0.05, 0.1) is 19.0 Å². The van der Waals surface area contributed by atoms with Crippen LogP contribution in [0.25, 0.3) is 0 Å². The lowest BCUT2D eigenvalue weighted by Gasteiger charge is -2.08. The van der Waals surface area contributed by atoms with Crippen molar-refractivity contribution < 1.29 is 14.3 Å². The molecule has 0 spiro atoms. The van der Waals surface area contributed by atoms with Crippen LogP contribution in [-0.2, 0) is 11.3 Å². The second-order valence-corrected chi connectivity index (χ2v) is 5.48. The molecule has 0 bridgehead atoms. The van der Waals surface area contributed by atoms with Gasteiger partial charge in [0, 0.05) is 25.1 Å². The minimum absolute atomic E-state index is 0.0756. The smallest absolute Gasteiger partial charge is 0.224 e. The maximum Gasteiger partial charge on any atom is 0.224 e. The Balaban J connectivity index is 1.48. The Morgan fingerprint density at radius 2 is 2.12 bits per heavy atom. The summed E-state index contributed by atoms with van der Waals surface area (Å²) in [4.78, 5) is 20.0. The SMILES string of the molecule is COc1cccc(Oc2ccc(NC(=O)CCCn3cncn3)cn2)c1. The van der Waals surface area contributed by atoms with Crippen LogP contribution < -0.4 is 14.8 Å². The molecule has 0 aliphatic heterocycles. The zero-order valence-corrected chi connectivity index (χ0v) is 14.3. The van der Waals surface area contributed by atoms with E-state index in [1.54, 1.807) is 42.5 Å². The Morgan fingerprint density at radius 3 is 2.85 bits per heavy atom. The van der Waals surface area contributed by atoms with Crippen molar-refractivity contribution >= 4 is 11.6 Å². The standard InChI is InChI=1S/C18H19N5O3/c1-25-15-4-2-5-16(10-15)26-18-8-7-14(11-20-18)22-17(24)6-3-9-23-13-19-12-21-23/h2,4-5,7-8,10-13H,3,6,9H2,1H3,(H,22,24). The van der Waals surface area contributed by atoms with Gasteiger partial charge in [0.1, 0.15) is 24.2 Å². The molecule has 2 aromatic heterocycles. The number of carbonyl (C=O) groups excluding carboxylic acids is 1. The molecule has 134 valence electrons. The van der Waals surface area contributed by atoms with Gasteiger partial charge in [0.2, 0.25) is 11.8 Å². The summed E-state index contributed by atoms with van der Waals surface area (Å²) in [5.74, 6) is 1.69. The van der Waals surface area contributed by atoms with E-state index in [4.69, 9.17) is 9.47 Å². The van der Waals surface area contributed by atoms with Crippen LogP contribution in [0.2, 0.25) is 0 Å². The molecule has 0 aliphatic carbocycles. The molecule has 0 saturated heterocycles. The van der Waals surface area contributed by atoms with Gasteiger partial charge in [-0.15, -0.1) is 0 Å². The van der Waals surface area contributed by atoms with E-state index in [2.05, 4.69) is 20.4 Å². The normalized spacial score (nSPS) is 10.3. The summed E-state index contributed by atoms with van der Waals surface area (Å²) in [6.07, 6.45) is 5.73. The van der Waals surface area contributed by atoms with Crippen molar-refractivity contribution in [3.8, 4) is 17.4 Å². The van der Waals surface area contributed by atoms with Crippen LogP contribution in [0.3, 0.4) is 0 Å². The summed E-state index contributed by atoms with van der Waals surface area (Å²) in [6, 6.07) is 10.7. The molecule has 3 aromatic rings. The van der Waals surface area contributed by atoms with Gasteiger partial charge in [0.15, 0.2) is 0 Å². The number of benzene rings is 1. The van der Waals surface area contributed by atoms with Gasteiger partial charge in [0.25, 0.3) is 0 Å². The number of nitrogens with zero attached hydrogens (tertiary/aromatic N) is 4. The highest BCUT2D eigenvalue weighted by molar-refractivity contribution is 5.90. The van der Waals surface area contributed by atoms with Crippen molar-refractivity contribution in [2.45, 2.75) is 19.4 Å². The highest BCUT2D eigenvalue weighted by Crippen LogP contribution is 2.24. The number of hydrogen-bond donors (Lipinski definition) is 1. The summed E-state index contributed by atoms with van der Waals surface area (Å²) in [5.41, 5.74) is 0.619. The predicted octanol–water partition coefficient (Wildman–Crippen LogP) is 2.89. The van der Waals surface area contributed by atoms with Crippen molar-refractivity contribution in [2.75, 3.05) is 12.4 Å². The third-order valence-electron chi connectivity index (χ3n) is 3.54. The molecule has 0 saturated carbocycles. The number of amides is 1. The van der Waals surface area contributed by atoms with E-state index in [-0.39, 0.29) is 5.91 Å². The maximum atomic E-state index is 12.0. The van der Waals surface area contributed by atoms with E-state index >= 15 is 0 Å². The molecule has 1 aromatic carbocycles. The highest BCUT2D eigenvalue weighted by Gasteiger charge is 2.05. The van der Waals surface area contributed by atoms with Gasteiger partial charge in [-0.25, -0.2) is 9.97 Å². The average molecular weight is 353 g/mol. The van der Waals surface area contributed by atoms with Crippen LogP contribution in [0, 0.1) is 0 Å². The molecule has 1 N–H and O–H groups in total. The molecule has 0 radical (unpaired) electrons. The van der Waals surface area contributed by atoms with Crippen molar-refractivity contribution in [3.63, 3.8) is 0 Å². The van der Waals surface area contributed by atoms with Gasteiger partial charge in [-0.1, -0.05) is 6.07 Å². The van der Waals surface area contributed by atoms with E-state index in [1.165, 1.54) is 6.33 Å². The third-order valence-corrected chi connectivity index (χ3v) is 3.54. The predicted molar refractivity (Wildman–Crippen MR) is 95.2 cm³/mol. The number of pyridine rings is 1. The summed E-state index contributed by atoms with van der Waals surface area (Å²) in [5, 5.41) is 6.80. The average Bonchev–Trinajstić information content (AvgIpc) is 3.17. The second kappa shape index (κ2) is 8.61. The maximum absolute atomic E-state index is 12.0. The largest absolute Gasteiger partial charge is 0.497 e. The van der Waals surface area contributed by atoms with Crippen LogP contribution in [0.5, 0.6) is 17.4 Å². The molecule has 0 unspecified atom stereocenters. The zero-order valence-electron chi connectivity index (χ0n) is 14.3.